The van der Waals surface area contributed by atoms with Crippen LogP contribution in [0.5, 0.6) is 0 Å². The number of hydrogen-bond acceptors (Lipinski definition) is 1. The molecule has 1 saturated carbocycles. The Labute approximate surface area is 99.9 Å². The Kier molecular flexibility index (Phi) is 3.18. The standard InChI is InChI=1S/C15H26O/c1-10(2)13-6-5-12(4)15(13)8-7-11(3)9-14(15)16/h9-10,12-14,16H,5-8H2,1-4H3. The molecular formula is C15H26O. The molecule has 1 nitrogen and oxygen atoms in total. The van der Waals surface area contributed by atoms with Crippen LogP contribution in [0.2, 0.25) is 0 Å². The minimum Gasteiger partial charge on any atom is -0.388 e. The first kappa shape index (κ1) is 12.2. The molecule has 0 amide bonds. The molecule has 2 aliphatic rings. The Morgan fingerprint density at radius 2 is 2.06 bits per heavy atom. The van der Waals surface area contributed by atoms with Crippen molar-refractivity contribution < 1.29 is 5.11 Å². The predicted octanol–water partition coefficient (Wildman–Crippen LogP) is 3.78. The Balaban J connectivity index is 2.34. The lowest BCUT2D eigenvalue weighted by Crippen LogP contribution is -2.45. The molecule has 4 unspecified atom stereocenters. The number of aliphatic hydroxyl groups is 1. The molecule has 1 heteroatoms. The van der Waals surface area contributed by atoms with Crippen molar-refractivity contribution in [3.8, 4) is 0 Å². The number of allylic oxidation sites excluding steroid dienone is 1. The van der Waals surface area contributed by atoms with E-state index in [1.54, 1.807) is 0 Å². The fourth-order valence-electron chi connectivity index (χ4n) is 4.30. The van der Waals surface area contributed by atoms with Crippen LogP contribution in [0.15, 0.2) is 11.6 Å². The molecule has 0 aliphatic heterocycles. The first-order valence-electron chi connectivity index (χ1n) is 6.84. The highest BCUT2D eigenvalue weighted by molar-refractivity contribution is 5.17. The number of aliphatic hydroxyl groups excluding tert-OH is 1. The van der Waals surface area contributed by atoms with E-state index in [4.69, 9.17) is 0 Å². The van der Waals surface area contributed by atoms with Crippen LogP contribution in [0.25, 0.3) is 0 Å². The smallest absolute Gasteiger partial charge is 0.0785 e. The molecule has 1 fully saturated rings. The van der Waals surface area contributed by atoms with E-state index in [1.165, 1.54) is 31.3 Å². The van der Waals surface area contributed by atoms with Crippen LogP contribution in [-0.4, -0.2) is 11.2 Å². The van der Waals surface area contributed by atoms with Crippen LogP contribution in [0.1, 0.15) is 53.4 Å². The Hall–Kier alpha value is -0.300. The van der Waals surface area contributed by atoms with Crippen LogP contribution < -0.4 is 0 Å². The molecule has 2 aliphatic carbocycles. The van der Waals surface area contributed by atoms with Crippen molar-refractivity contribution in [1.29, 1.82) is 0 Å². The molecule has 1 N–H and O–H groups in total. The summed E-state index contributed by atoms with van der Waals surface area (Å²) < 4.78 is 0. The molecule has 16 heavy (non-hydrogen) atoms. The lowest BCUT2D eigenvalue weighted by molar-refractivity contribution is -0.0309. The van der Waals surface area contributed by atoms with Gasteiger partial charge in [0, 0.05) is 5.41 Å². The molecule has 92 valence electrons. The van der Waals surface area contributed by atoms with E-state index in [1.807, 2.05) is 0 Å². The van der Waals surface area contributed by atoms with Crippen LogP contribution >= 0.6 is 0 Å². The summed E-state index contributed by atoms with van der Waals surface area (Å²) in [5.74, 6) is 2.09. The van der Waals surface area contributed by atoms with Crippen molar-refractivity contribution in [3.63, 3.8) is 0 Å². The summed E-state index contributed by atoms with van der Waals surface area (Å²) in [6, 6.07) is 0. The molecule has 2 rings (SSSR count). The summed E-state index contributed by atoms with van der Waals surface area (Å²) in [6.07, 6.45) is 6.91. The van der Waals surface area contributed by atoms with Gasteiger partial charge in [-0.15, -0.1) is 0 Å². The zero-order valence-corrected chi connectivity index (χ0v) is 11.2. The summed E-state index contributed by atoms with van der Waals surface area (Å²) in [4.78, 5) is 0. The van der Waals surface area contributed by atoms with Gasteiger partial charge in [0.15, 0.2) is 0 Å². The van der Waals surface area contributed by atoms with E-state index in [9.17, 15) is 5.11 Å². The van der Waals surface area contributed by atoms with Gasteiger partial charge in [-0.25, -0.2) is 0 Å². The molecule has 0 saturated heterocycles. The van der Waals surface area contributed by atoms with Crippen molar-refractivity contribution in [1.82, 2.24) is 0 Å². The van der Waals surface area contributed by atoms with E-state index >= 15 is 0 Å². The average Bonchev–Trinajstić information content (AvgIpc) is 2.52. The van der Waals surface area contributed by atoms with Gasteiger partial charge in [0.25, 0.3) is 0 Å². The highest BCUT2D eigenvalue weighted by Crippen LogP contribution is 2.57. The first-order chi connectivity index (χ1) is 7.48. The number of rotatable bonds is 1. The molecule has 1 spiro atoms. The predicted molar refractivity (Wildman–Crippen MR) is 68.2 cm³/mol. The quantitative estimate of drug-likeness (QED) is 0.669. The summed E-state index contributed by atoms with van der Waals surface area (Å²) >= 11 is 0. The second-order valence-corrected chi connectivity index (χ2v) is 6.40. The summed E-state index contributed by atoms with van der Waals surface area (Å²) in [7, 11) is 0. The number of hydrogen-bond donors (Lipinski definition) is 1. The maximum Gasteiger partial charge on any atom is 0.0785 e. The monoisotopic (exact) mass is 222 g/mol. The van der Waals surface area contributed by atoms with Crippen molar-refractivity contribution >= 4 is 0 Å². The second kappa shape index (κ2) is 4.18. The van der Waals surface area contributed by atoms with Crippen LogP contribution in [0.3, 0.4) is 0 Å². The molecule has 0 bridgehead atoms. The van der Waals surface area contributed by atoms with Gasteiger partial charge >= 0.3 is 0 Å². The second-order valence-electron chi connectivity index (χ2n) is 6.40. The fraction of sp³-hybridized carbons (Fsp3) is 0.867. The van der Waals surface area contributed by atoms with Gasteiger partial charge in [0.05, 0.1) is 6.10 Å². The summed E-state index contributed by atoms with van der Waals surface area (Å²) in [6.45, 7) is 9.14. The van der Waals surface area contributed by atoms with E-state index in [0.717, 1.165) is 0 Å². The lowest BCUT2D eigenvalue weighted by Gasteiger charge is -2.46. The van der Waals surface area contributed by atoms with Gasteiger partial charge in [0.2, 0.25) is 0 Å². The Morgan fingerprint density at radius 3 is 2.62 bits per heavy atom. The van der Waals surface area contributed by atoms with Crippen molar-refractivity contribution in [2.75, 3.05) is 0 Å². The van der Waals surface area contributed by atoms with Crippen LogP contribution in [0.4, 0.5) is 0 Å². The average molecular weight is 222 g/mol. The highest BCUT2D eigenvalue weighted by Gasteiger charge is 2.53. The zero-order valence-electron chi connectivity index (χ0n) is 11.2. The Morgan fingerprint density at radius 1 is 1.38 bits per heavy atom. The van der Waals surface area contributed by atoms with Crippen molar-refractivity contribution in [3.05, 3.63) is 11.6 Å². The Bertz CT molecular complexity index is 292. The normalized spacial score (nSPS) is 44.1. The van der Waals surface area contributed by atoms with E-state index in [0.29, 0.717) is 17.8 Å². The largest absolute Gasteiger partial charge is 0.388 e. The third-order valence-corrected chi connectivity index (χ3v) is 5.27. The highest BCUT2D eigenvalue weighted by atomic mass is 16.3. The third kappa shape index (κ3) is 1.64. The van der Waals surface area contributed by atoms with Gasteiger partial charge in [-0.2, -0.15) is 0 Å². The lowest BCUT2D eigenvalue weighted by atomic mass is 9.60. The van der Waals surface area contributed by atoms with Gasteiger partial charge in [-0.05, 0) is 50.4 Å². The van der Waals surface area contributed by atoms with Crippen molar-refractivity contribution in [2.45, 2.75) is 59.5 Å². The zero-order chi connectivity index (χ0) is 11.9. The minimum atomic E-state index is -0.203. The third-order valence-electron chi connectivity index (χ3n) is 5.27. The maximum absolute atomic E-state index is 10.5. The SMILES string of the molecule is CC1=CC(O)C2(CC1)C(C)CCC2C(C)C. The minimum absolute atomic E-state index is 0.188. The molecular weight excluding hydrogens is 196 g/mol. The van der Waals surface area contributed by atoms with Crippen LogP contribution in [0, 0.1) is 23.2 Å². The van der Waals surface area contributed by atoms with E-state index < -0.39 is 0 Å². The maximum atomic E-state index is 10.5. The van der Waals surface area contributed by atoms with Crippen molar-refractivity contribution in [2.24, 2.45) is 23.2 Å². The summed E-state index contributed by atoms with van der Waals surface area (Å²) in [5.41, 5.74) is 1.56. The molecule has 4 atom stereocenters. The van der Waals surface area contributed by atoms with Gasteiger partial charge in [-0.1, -0.05) is 32.4 Å². The molecule has 0 aromatic carbocycles. The van der Waals surface area contributed by atoms with E-state index in [-0.39, 0.29) is 11.5 Å². The molecule has 0 aromatic heterocycles. The molecule has 0 aromatic rings. The van der Waals surface area contributed by atoms with Gasteiger partial charge in [-0.3, -0.25) is 0 Å². The fourth-order valence-corrected chi connectivity index (χ4v) is 4.30. The van der Waals surface area contributed by atoms with Crippen LogP contribution in [-0.2, 0) is 0 Å². The first-order valence-corrected chi connectivity index (χ1v) is 6.84. The summed E-state index contributed by atoms with van der Waals surface area (Å²) in [5, 5.41) is 10.5. The molecule has 0 heterocycles. The molecule has 0 radical (unpaired) electrons. The van der Waals surface area contributed by atoms with E-state index in [2.05, 4.69) is 33.8 Å². The van der Waals surface area contributed by atoms with Gasteiger partial charge < -0.3 is 5.11 Å². The van der Waals surface area contributed by atoms with Gasteiger partial charge in [0.1, 0.15) is 0 Å². The topological polar surface area (TPSA) is 20.2 Å².